The third kappa shape index (κ3) is 2.22. The fraction of sp³-hybridized carbons (Fsp3) is 0.500. The molecule has 1 fully saturated rings. The predicted molar refractivity (Wildman–Crippen MR) is 61.4 cm³/mol. The SMILES string of the molecule is CCCC1CN(c2cc(N)cc(F)c2)C1. The lowest BCUT2D eigenvalue weighted by atomic mass is 9.94. The largest absolute Gasteiger partial charge is 0.399 e. The minimum Gasteiger partial charge on any atom is -0.399 e. The number of hydrogen-bond acceptors (Lipinski definition) is 2. The van der Waals surface area contributed by atoms with Gasteiger partial charge in [0.25, 0.3) is 0 Å². The van der Waals surface area contributed by atoms with Gasteiger partial charge in [-0.25, -0.2) is 4.39 Å². The van der Waals surface area contributed by atoms with Crippen molar-refractivity contribution in [1.82, 2.24) is 0 Å². The summed E-state index contributed by atoms with van der Waals surface area (Å²) >= 11 is 0. The molecule has 0 amide bonds. The van der Waals surface area contributed by atoms with Crippen LogP contribution in [0.15, 0.2) is 18.2 Å². The van der Waals surface area contributed by atoms with Gasteiger partial charge in [0.15, 0.2) is 0 Å². The first kappa shape index (κ1) is 10.3. The second-order valence-electron chi connectivity index (χ2n) is 4.30. The molecular weight excluding hydrogens is 191 g/mol. The van der Waals surface area contributed by atoms with Gasteiger partial charge in [0.2, 0.25) is 0 Å². The van der Waals surface area contributed by atoms with E-state index in [9.17, 15) is 4.39 Å². The van der Waals surface area contributed by atoms with Crippen molar-refractivity contribution in [2.24, 2.45) is 5.92 Å². The molecule has 0 spiro atoms. The van der Waals surface area contributed by atoms with E-state index in [1.165, 1.54) is 18.9 Å². The Morgan fingerprint density at radius 2 is 2.13 bits per heavy atom. The molecule has 0 radical (unpaired) electrons. The summed E-state index contributed by atoms with van der Waals surface area (Å²) in [6, 6.07) is 4.75. The number of nitrogen functional groups attached to an aromatic ring is 1. The molecule has 3 heteroatoms. The van der Waals surface area contributed by atoms with Crippen LogP contribution in [0.2, 0.25) is 0 Å². The van der Waals surface area contributed by atoms with Crippen LogP contribution in [0.1, 0.15) is 19.8 Å². The molecule has 1 aliphatic rings. The normalized spacial score (nSPS) is 16.5. The van der Waals surface area contributed by atoms with Crippen molar-refractivity contribution in [3.8, 4) is 0 Å². The van der Waals surface area contributed by atoms with E-state index in [0.29, 0.717) is 5.69 Å². The van der Waals surface area contributed by atoms with Crippen molar-refractivity contribution in [2.75, 3.05) is 23.7 Å². The summed E-state index contributed by atoms with van der Waals surface area (Å²) in [5.74, 6) is 0.531. The Morgan fingerprint density at radius 1 is 1.40 bits per heavy atom. The smallest absolute Gasteiger partial charge is 0.127 e. The maximum absolute atomic E-state index is 13.1. The number of halogens is 1. The van der Waals surface area contributed by atoms with Crippen LogP contribution in [-0.4, -0.2) is 13.1 Å². The summed E-state index contributed by atoms with van der Waals surface area (Å²) in [7, 11) is 0. The maximum Gasteiger partial charge on any atom is 0.127 e. The van der Waals surface area contributed by atoms with Crippen LogP contribution in [0.25, 0.3) is 0 Å². The molecule has 1 aromatic carbocycles. The van der Waals surface area contributed by atoms with Gasteiger partial charge in [-0.2, -0.15) is 0 Å². The van der Waals surface area contributed by atoms with E-state index in [4.69, 9.17) is 5.73 Å². The van der Waals surface area contributed by atoms with Crippen molar-refractivity contribution in [1.29, 1.82) is 0 Å². The maximum atomic E-state index is 13.1. The second kappa shape index (κ2) is 4.09. The van der Waals surface area contributed by atoms with E-state index >= 15 is 0 Å². The molecule has 0 saturated carbocycles. The number of hydrogen-bond donors (Lipinski definition) is 1. The van der Waals surface area contributed by atoms with Gasteiger partial charge in [-0.15, -0.1) is 0 Å². The summed E-state index contributed by atoms with van der Waals surface area (Å²) in [6.45, 7) is 4.27. The lowest BCUT2D eigenvalue weighted by molar-refractivity contribution is 0.380. The molecule has 2 nitrogen and oxygen atoms in total. The lowest BCUT2D eigenvalue weighted by Crippen LogP contribution is -2.46. The van der Waals surface area contributed by atoms with Gasteiger partial charge in [0.1, 0.15) is 5.82 Å². The Bertz CT molecular complexity index is 325. The zero-order valence-electron chi connectivity index (χ0n) is 9.04. The van der Waals surface area contributed by atoms with Gasteiger partial charge in [0.05, 0.1) is 0 Å². The number of rotatable bonds is 3. The topological polar surface area (TPSA) is 29.3 Å². The number of nitrogens with two attached hydrogens (primary N) is 1. The standard InChI is InChI=1S/C12H17FN2/c1-2-3-9-7-15(8-9)12-5-10(13)4-11(14)6-12/h4-6,9H,2-3,7-8,14H2,1H3. The minimum atomic E-state index is -0.246. The predicted octanol–water partition coefficient (Wildman–Crippen LogP) is 2.64. The minimum absolute atomic E-state index is 0.246. The number of benzene rings is 1. The lowest BCUT2D eigenvalue weighted by Gasteiger charge is -2.41. The average Bonchev–Trinajstić information content (AvgIpc) is 2.08. The van der Waals surface area contributed by atoms with Gasteiger partial charge in [-0.1, -0.05) is 13.3 Å². The summed E-state index contributed by atoms with van der Waals surface area (Å²) in [6.07, 6.45) is 2.49. The van der Waals surface area contributed by atoms with Crippen LogP contribution in [0, 0.1) is 11.7 Å². The Balaban J connectivity index is 2.00. The van der Waals surface area contributed by atoms with E-state index in [1.807, 2.05) is 6.07 Å². The van der Waals surface area contributed by atoms with E-state index in [2.05, 4.69) is 11.8 Å². The van der Waals surface area contributed by atoms with E-state index in [0.717, 1.165) is 24.7 Å². The second-order valence-corrected chi connectivity index (χ2v) is 4.30. The number of anilines is 2. The highest BCUT2D eigenvalue weighted by Crippen LogP contribution is 2.29. The molecular formula is C12H17FN2. The van der Waals surface area contributed by atoms with E-state index in [-0.39, 0.29) is 5.82 Å². The summed E-state index contributed by atoms with van der Waals surface area (Å²) in [5, 5.41) is 0. The number of nitrogens with zero attached hydrogens (tertiary/aromatic N) is 1. The van der Waals surface area contributed by atoms with Gasteiger partial charge in [-0.3, -0.25) is 0 Å². The van der Waals surface area contributed by atoms with Crippen molar-refractivity contribution < 1.29 is 4.39 Å². The van der Waals surface area contributed by atoms with Crippen LogP contribution in [0.3, 0.4) is 0 Å². The monoisotopic (exact) mass is 208 g/mol. The molecule has 82 valence electrons. The fourth-order valence-electron chi connectivity index (χ4n) is 2.15. The average molecular weight is 208 g/mol. The highest BCUT2D eigenvalue weighted by Gasteiger charge is 2.26. The molecule has 0 atom stereocenters. The molecule has 1 heterocycles. The summed E-state index contributed by atoms with van der Waals surface area (Å²) in [4.78, 5) is 2.18. The molecule has 0 unspecified atom stereocenters. The highest BCUT2D eigenvalue weighted by atomic mass is 19.1. The van der Waals surface area contributed by atoms with Gasteiger partial charge < -0.3 is 10.6 Å². The molecule has 2 rings (SSSR count). The van der Waals surface area contributed by atoms with Crippen LogP contribution < -0.4 is 10.6 Å². The van der Waals surface area contributed by atoms with Crippen molar-refractivity contribution in [3.05, 3.63) is 24.0 Å². The van der Waals surface area contributed by atoms with Gasteiger partial charge >= 0.3 is 0 Å². The quantitative estimate of drug-likeness (QED) is 0.774. The molecule has 2 N–H and O–H groups in total. The Labute approximate surface area is 89.9 Å². The molecule has 1 aliphatic heterocycles. The third-order valence-corrected chi connectivity index (χ3v) is 2.92. The summed E-state index contributed by atoms with van der Waals surface area (Å²) in [5.41, 5.74) is 7.02. The van der Waals surface area contributed by atoms with Crippen molar-refractivity contribution in [3.63, 3.8) is 0 Å². The summed E-state index contributed by atoms with van der Waals surface area (Å²) < 4.78 is 13.1. The Morgan fingerprint density at radius 3 is 2.73 bits per heavy atom. The Hall–Kier alpha value is -1.25. The molecule has 0 aromatic heterocycles. The van der Waals surface area contributed by atoms with Gasteiger partial charge in [-0.05, 0) is 30.5 Å². The third-order valence-electron chi connectivity index (χ3n) is 2.92. The highest BCUT2D eigenvalue weighted by molar-refractivity contribution is 5.57. The molecule has 1 aromatic rings. The van der Waals surface area contributed by atoms with Crippen LogP contribution in [0.4, 0.5) is 15.8 Å². The fourth-order valence-corrected chi connectivity index (χ4v) is 2.15. The first-order valence-corrected chi connectivity index (χ1v) is 5.50. The first-order valence-electron chi connectivity index (χ1n) is 5.50. The van der Waals surface area contributed by atoms with Gasteiger partial charge in [0, 0.05) is 24.5 Å². The van der Waals surface area contributed by atoms with Crippen molar-refractivity contribution >= 4 is 11.4 Å². The molecule has 0 aliphatic carbocycles. The zero-order chi connectivity index (χ0) is 10.8. The first-order chi connectivity index (χ1) is 7.19. The van der Waals surface area contributed by atoms with E-state index in [1.54, 1.807) is 6.07 Å². The molecule has 15 heavy (non-hydrogen) atoms. The zero-order valence-corrected chi connectivity index (χ0v) is 9.04. The Kier molecular flexibility index (Phi) is 2.80. The van der Waals surface area contributed by atoms with Crippen LogP contribution in [0.5, 0.6) is 0 Å². The van der Waals surface area contributed by atoms with Crippen molar-refractivity contribution in [2.45, 2.75) is 19.8 Å². The molecule has 0 bridgehead atoms. The molecule has 1 saturated heterocycles. The van der Waals surface area contributed by atoms with Crippen LogP contribution in [-0.2, 0) is 0 Å². The van der Waals surface area contributed by atoms with Crippen LogP contribution >= 0.6 is 0 Å². The van der Waals surface area contributed by atoms with E-state index < -0.39 is 0 Å².